The molecule has 2 N–H and O–H groups in total. The van der Waals surface area contributed by atoms with Gasteiger partial charge in [-0.2, -0.15) is 0 Å². The number of carbonyl (C=O) groups is 2. The van der Waals surface area contributed by atoms with E-state index in [0.29, 0.717) is 0 Å². The van der Waals surface area contributed by atoms with Gasteiger partial charge in [0.15, 0.2) is 0 Å². The minimum Gasteiger partial charge on any atom is -0.477 e. The first-order chi connectivity index (χ1) is 5.82. The minimum absolute atomic E-state index is 0.139. The number of carboxylic acid groups (broad SMARTS) is 2. The maximum atomic E-state index is 9.73. The molecule has 0 heterocycles. The molecule has 0 aliphatic rings. The van der Waals surface area contributed by atoms with Crippen LogP contribution in [0.5, 0.6) is 0 Å². The molecule has 0 unspecified atom stereocenters. The molecule has 0 bridgehead atoms. The van der Waals surface area contributed by atoms with Crippen LogP contribution in [0.1, 0.15) is 6.92 Å². The molecule has 13 heavy (non-hydrogen) atoms. The molecule has 0 saturated heterocycles. The minimum atomic E-state index is -1.17. The Balaban J connectivity index is 0. The van der Waals surface area contributed by atoms with Gasteiger partial charge in [0.05, 0.1) is 0 Å². The second-order valence-electron chi connectivity index (χ2n) is 1.65. The first-order valence-corrected chi connectivity index (χ1v) is 3.71. The van der Waals surface area contributed by atoms with E-state index in [1.807, 2.05) is 0 Å². The average molecular weight is 227 g/mol. The van der Waals surface area contributed by atoms with Crippen LogP contribution in [0.4, 0.5) is 0 Å². The van der Waals surface area contributed by atoms with Crippen LogP contribution < -0.4 is 0 Å². The summed E-state index contributed by atoms with van der Waals surface area (Å²) in [7, 11) is 0. The molecule has 0 spiro atoms. The van der Waals surface area contributed by atoms with Crippen molar-refractivity contribution < 1.29 is 19.8 Å². The van der Waals surface area contributed by atoms with E-state index in [-0.39, 0.29) is 10.1 Å². The fraction of sp³-hybridized carbons (Fsp3) is 0.143. The summed E-state index contributed by atoms with van der Waals surface area (Å²) in [6.07, 6.45) is 1.32. The second kappa shape index (κ2) is 7.64. The molecule has 4 nitrogen and oxygen atoms in total. The zero-order valence-corrected chi connectivity index (χ0v) is 8.26. The van der Waals surface area contributed by atoms with Crippen LogP contribution in [0.3, 0.4) is 0 Å². The lowest BCUT2D eigenvalue weighted by Gasteiger charge is -1.81. The number of carboxylic acids is 2. The lowest BCUT2D eigenvalue weighted by molar-refractivity contribution is -0.132. The van der Waals surface area contributed by atoms with Gasteiger partial charge in [0.25, 0.3) is 0 Å². The normalized spacial score (nSPS) is 9.62. The highest BCUT2D eigenvalue weighted by Crippen LogP contribution is 1.97. The topological polar surface area (TPSA) is 74.6 Å². The van der Waals surface area contributed by atoms with Gasteiger partial charge in [-0.25, -0.2) is 9.59 Å². The Kier molecular flexibility index (Phi) is 8.53. The standard InChI is InChI=1S/C4H5ClO2.C3H3ClO2/c1-2-3(5)4(6)7;1-2(4)3(5)6/h2H,1H3,(H,6,7);1H2,(H,5,6). The highest BCUT2D eigenvalue weighted by atomic mass is 35.5. The fourth-order valence-electron chi connectivity index (χ4n) is 0.123. The predicted molar refractivity (Wildman–Crippen MR) is 49.9 cm³/mol. The molecule has 0 aromatic heterocycles. The number of hydrogen-bond donors (Lipinski definition) is 2. The molecule has 0 atom stereocenters. The molecule has 6 heteroatoms. The molecule has 74 valence electrons. The quantitative estimate of drug-likeness (QED) is 0.707. The largest absolute Gasteiger partial charge is 0.477 e. The van der Waals surface area contributed by atoms with Crippen LogP contribution in [0, 0.1) is 0 Å². The number of rotatable bonds is 2. The maximum absolute atomic E-state index is 9.73. The van der Waals surface area contributed by atoms with Crippen LogP contribution in [-0.2, 0) is 9.59 Å². The predicted octanol–water partition coefficient (Wildman–Crippen LogP) is 2.04. The molecule has 0 aliphatic heterocycles. The molecular formula is C7H8Cl2O4. The van der Waals surface area contributed by atoms with Crippen molar-refractivity contribution in [3.63, 3.8) is 0 Å². The van der Waals surface area contributed by atoms with Crippen molar-refractivity contribution in [1.82, 2.24) is 0 Å². The van der Waals surface area contributed by atoms with Crippen LogP contribution in [0.15, 0.2) is 22.7 Å². The van der Waals surface area contributed by atoms with E-state index in [1.165, 1.54) is 6.08 Å². The third-order valence-corrected chi connectivity index (χ3v) is 1.23. The number of allylic oxidation sites excluding steroid dienone is 1. The summed E-state index contributed by atoms with van der Waals surface area (Å²) in [6.45, 7) is 4.49. The third-order valence-electron chi connectivity index (χ3n) is 0.690. The molecule has 0 amide bonds. The highest BCUT2D eigenvalue weighted by Gasteiger charge is 1.96. The zero-order chi connectivity index (χ0) is 11.0. The lowest BCUT2D eigenvalue weighted by Crippen LogP contribution is -1.91. The van der Waals surface area contributed by atoms with Gasteiger partial charge in [-0.15, -0.1) is 0 Å². The van der Waals surface area contributed by atoms with Gasteiger partial charge in [-0.05, 0) is 6.92 Å². The van der Waals surface area contributed by atoms with E-state index in [0.717, 1.165) is 0 Å². The smallest absolute Gasteiger partial charge is 0.346 e. The SMILES string of the molecule is C=C(Cl)C(=O)O.CC=C(Cl)C(=O)O. The zero-order valence-electron chi connectivity index (χ0n) is 6.75. The number of halogens is 2. The average Bonchev–Trinajstić information content (AvgIpc) is 2.03. The Morgan fingerprint density at radius 3 is 1.54 bits per heavy atom. The molecule has 0 aromatic rings. The van der Waals surface area contributed by atoms with E-state index in [4.69, 9.17) is 33.4 Å². The van der Waals surface area contributed by atoms with E-state index in [1.54, 1.807) is 6.92 Å². The molecule has 0 rings (SSSR count). The molecular weight excluding hydrogens is 219 g/mol. The summed E-state index contributed by atoms with van der Waals surface area (Å²) in [5.41, 5.74) is 0. The van der Waals surface area contributed by atoms with E-state index in [2.05, 4.69) is 6.58 Å². The third kappa shape index (κ3) is 11.0. The van der Waals surface area contributed by atoms with Crippen molar-refractivity contribution >= 4 is 35.1 Å². The Morgan fingerprint density at radius 1 is 1.23 bits per heavy atom. The summed E-state index contributed by atoms with van der Waals surface area (Å²) < 4.78 is 0. The van der Waals surface area contributed by atoms with Gasteiger partial charge >= 0.3 is 11.9 Å². The van der Waals surface area contributed by atoms with Crippen molar-refractivity contribution in [3.8, 4) is 0 Å². The molecule has 0 radical (unpaired) electrons. The summed E-state index contributed by atoms with van der Waals surface area (Å²) in [5, 5.41) is 15.3. The summed E-state index contributed by atoms with van der Waals surface area (Å²) in [6, 6.07) is 0. The van der Waals surface area contributed by atoms with Crippen molar-refractivity contribution in [1.29, 1.82) is 0 Å². The first-order valence-electron chi connectivity index (χ1n) is 2.95. The van der Waals surface area contributed by atoms with E-state index >= 15 is 0 Å². The van der Waals surface area contributed by atoms with E-state index in [9.17, 15) is 9.59 Å². The van der Waals surface area contributed by atoms with Gasteiger partial charge < -0.3 is 10.2 Å². The highest BCUT2D eigenvalue weighted by molar-refractivity contribution is 6.41. The number of aliphatic carboxylic acids is 2. The summed E-state index contributed by atoms with van der Waals surface area (Å²) >= 11 is 9.88. The van der Waals surface area contributed by atoms with Crippen LogP contribution >= 0.6 is 23.2 Å². The Morgan fingerprint density at radius 2 is 1.54 bits per heavy atom. The summed E-state index contributed by atoms with van der Waals surface area (Å²) in [5.74, 6) is -2.25. The van der Waals surface area contributed by atoms with Gasteiger partial charge in [-0.3, -0.25) is 0 Å². The maximum Gasteiger partial charge on any atom is 0.346 e. The van der Waals surface area contributed by atoms with Crippen molar-refractivity contribution in [2.75, 3.05) is 0 Å². The fourth-order valence-corrected chi connectivity index (χ4v) is 0.123. The van der Waals surface area contributed by atoms with Crippen LogP contribution in [-0.4, -0.2) is 22.2 Å². The van der Waals surface area contributed by atoms with Crippen molar-refractivity contribution in [2.45, 2.75) is 6.92 Å². The molecule has 0 aliphatic carbocycles. The van der Waals surface area contributed by atoms with Crippen LogP contribution in [0.25, 0.3) is 0 Å². The Hall–Kier alpha value is -1.00. The van der Waals surface area contributed by atoms with Gasteiger partial charge in [0, 0.05) is 0 Å². The molecule has 0 aromatic carbocycles. The monoisotopic (exact) mass is 226 g/mol. The first kappa shape index (κ1) is 14.5. The number of hydrogen-bond acceptors (Lipinski definition) is 2. The second-order valence-corrected chi connectivity index (χ2v) is 2.52. The summed E-state index contributed by atoms with van der Waals surface area (Å²) in [4.78, 5) is 19.2. The van der Waals surface area contributed by atoms with Gasteiger partial charge in [0.1, 0.15) is 10.1 Å². The Bertz CT molecular complexity index is 233. The molecule has 0 fully saturated rings. The van der Waals surface area contributed by atoms with Crippen molar-refractivity contribution in [3.05, 3.63) is 22.7 Å². The van der Waals surface area contributed by atoms with Crippen LogP contribution in [0.2, 0.25) is 0 Å². The van der Waals surface area contributed by atoms with Gasteiger partial charge in [0.2, 0.25) is 0 Å². The van der Waals surface area contributed by atoms with E-state index < -0.39 is 11.9 Å². The van der Waals surface area contributed by atoms with Gasteiger partial charge in [-0.1, -0.05) is 35.9 Å². The van der Waals surface area contributed by atoms with Crippen molar-refractivity contribution in [2.24, 2.45) is 0 Å². The molecule has 0 saturated carbocycles. The lowest BCUT2D eigenvalue weighted by atomic mass is 10.5. The Labute approximate surface area is 85.1 Å².